The van der Waals surface area contributed by atoms with Crippen LogP contribution in [-0.4, -0.2) is 28.4 Å². The van der Waals surface area contributed by atoms with Gasteiger partial charge in [0.1, 0.15) is 5.54 Å². The van der Waals surface area contributed by atoms with E-state index >= 15 is 0 Å². The number of nitrogens with zero attached hydrogens (tertiary/aromatic N) is 2. The van der Waals surface area contributed by atoms with Crippen LogP contribution in [0, 0.1) is 13.8 Å². The second-order valence-electron chi connectivity index (χ2n) is 5.07. The summed E-state index contributed by atoms with van der Waals surface area (Å²) in [6.07, 6.45) is 2.31. The molecule has 6 heteroatoms. The zero-order valence-corrected chi connectivity index (χ0v) is 12.8. The van der Waals surface area contributed by atoms with Gasteiger partial charge in [-0.2, -0.15) is 5.10 Å². The zero-order chi connectivity index (χ0) is 14.6. The third kappa shape index (κ3) is 3.94. The van der Waals surface area contributed by atoms with Crippen LogP contribution in [0.4, 0.5) is 0 Å². The first-order valence-corrected chi connectivity index (χ1v) is 6.74. The molecule has 0 saturated heterocycles. The molecular formula is C13H22ClN3O2. The molecular weight excluding hydrogens is 266 g/mol. The first-order chi connectivity index (χ1) is 8.79. The maximum Gasteiger partial charge on any atom is 0.325 e. The van der Waals surface area contributed by atoms with E-state index in [1.54, 1.807) is 6.92 Å². The summed E-state index contributed by atoms with van der Waals surface area (Å²) < 4.78 is 6.56. The first kappa shape index (κ1) is 16.0. The average Bonchev–Trinajstić information content (AvgIpc) is 2.61. The minimum Gasteiger partial charge on any atom is -0.468 e. The standard InChI is InChI=1S/C13H22ClN3O2/c1-9-11(14)10(2)17(16-9)8-6-5-7-13(3,15)12(18)19-4/h5-8,15H2,1-4H3. The SMILES string of the molecule is COC(=O)C(C)(N)CCCCn1nc(C)c(Cl)c1C. The molecule has 19 heavy (non-hydrogen) atoms. The van der Waals surface area contributed by atoms with Gasteiger partial charge in [-0.1, -0.05) is 11.6 Å². The summed E-state index contributed by atoms with van der Waals surface area (Å²) in [5.41, 5.74) is 6.79. The van der Waals surface area contributed by atoms with Gasteiger partial charge in [0.25, 0.3) is 0 Å². The Morgan fingerprint density at radius 1 is 1.47 bits per heavy atom. The Bertz CT molecular complexity index is 455. The van der Waals surface area contributed by atoms with Crippen LogP contribution in [0.1, 0.15) is 37.6 Å². The van der Waals surface area contributed by atoms with Crippen LogP contribution in [0.25, 0.3) is 0 Å². The Kier molecular flexibility index (Phi) is 5.38. The molecule has 0 aliphatic heterocycles. The maximum atomic E-state index is 11.4. The van der Waals surface area contributed by atoms with Gasteiger partial charge in [0.15, 0.2) is 0 Å². The van der Waals surface area contributed by atoms with Gasteiger partial charge in [0.2, 0.25) is 0 Å². The van der Waals surface area contributed by atoms with Crippen molar-refractivity contribution in [1.82, 2.24) is 9.78 Å². The number of aryl methyl sites for hydroxylation is 2. The van der Waals surface area contributed by atoms with Crippen molar-refractivity contribution in [3.8, 4) is 0 Å². The fraction of sp³-hybridized carbons (Fsp3) is 0.692. The van der Waals surface area contributed by atoms with Crippen LogP contribution in [0.3, 0.4) is 0 Å². The van der Waals surface area contributed by atoms with E-state index in [1.807, 2.05) is 18.5 Å². The zero-order valence-electron chi connectivity index (χ0n) is 12.0. The summed E-state index contributed by atoms with van der Waals surface area (Å²) in [6.45, 7) is 6.31. The van der Waals surface area contributed by atoms with Crippen LogP contribution < -0.4 is 5.73 Å². The highest BCUT2D eigenvalue weighted by Gasteiger charge is 2.28. The summed E-state index contributed by atoms with van der Waals surface area (Å²) in [5.74, 6) is -0.373. The smallest absolute Gasteiger partial charge is 0.325 e. The van der Waals surface area contributed by atoms with Crippen molar-refractivity contribution in [2.24, 2.45) is 5.73 Å². The van der Waals surface area contributed by atoms with E-state index in [1.165, 1.54) is 7.11 Å². The quantitative estimate of drug-likeness (QED) is 0.643. The molecule has 0 bridgehead atoms. The van der Waals surface area contributed by atoms with Gasteiger partial charge >= 0.3 is 5.97 Å². The molecule has 1 aromatic heterocycles. The summed E-state index contributed by atoms with van der Waals surface area (Å²) >= 11 is 6.08. The average molecular weight is 288 g/mol. The van der Waals surface area contributed by atoms with Crippen molar-refractivity contribution in [3.05, 3.63) is 16.4 Å². The van der Waals surface area contributed by atoms with Gasteiger partial charge in [-0.25, -0.2) is 0 Å². The Labute approximate surface area is 119 Å². The van der Waals surface area contributed by atoms with E-state index in [2.05, 4.69) is 9.84 Å². The van der Waals surface area contributed by atoms with Crippen LogP contribution >= 0.6 is 11.6 Å². The van der Waals surface area contributed by atoms with Crippen molar-refractivity contribution in [2.45, 2.75) is 52.1 Å². The van der Waals surface area contributed by atoms with Crippen molar-refractivity contribution >= 4 is 17.6 Å². The van der Waals surface area contributed by atoms with E-state index in [4.69, 9.17) is 17.3 Å². The molecule has 1 aromatic rings. The fourth-order valence-corrected chi connectivity index (χ4v) is 2.12. The highest BCUT2D eigenvalue weighted by atomic mass is 35.5. The number of aromatic nitrogens is 2. The highest BCUT2D eigenvalue weighted by Crippen LogP contribution is 2.20. The van der Waals surface area contributed by atoms with Gasteiger partial charge < -0.3 is 10.5 Å². The van der Waals surface area contributed by atoms with Gasteiger partial charge in [-0.15, -0.1) is 0 Å². The number of halogens is 1. The lowest BCUT2D eigenvalue weighted by Crippen LogP contribution is -2.45. The number of carbonyl (C=O) groups is 1. The Morgan fingerprint density at radius 3 is 2.58 bits per heavy atom. The van der Waals surface area contributed by atoms with Gasteiger partial charge in [0, 0.05) is 6.54 Å². The Balaban J connectivity index is 2.43. The number of methoxy groups -OCH3 is 1. The van der Waals surface area contributed by atoms with E-state index in [0.29, 0.717) is 6.42 Å². The van der Waals surface area contributed by atoms with E-state index in [0.717, 1.165) is 35.8 Å². The first-order valence-electron chi connectivity index (χ1n) is 6.36. The predicted molar refractivity (Wildman–Crippen MR) is 75.2 cm³/mol. The van der Waals surface area contributed by atoms with E-state index in [-0.39, 0.29) is 5.97 Å². The van der Waals surface area contributed by atoms with Gasteiger partial charge in [-0.3, -0.25) is 9.48 Å². The van der Waals surface area contributed by atoms with Crippen molar-refractivity contribution in [3.63, 3.8) is 0 Å². The van der Waals surface area contributed by atoms with Crippen LogP contribution in [0.5, 0.6) is 0 Å². The fourth-order valence-electron chi connectivity index (χ4n) is 1.98. The molecule has 1 heterocycles. The topological polar surface area (TPSA) is 70.1 Å². The molecule has 1 atom stereocenters. The minimum absolute atomic E-state index is 0.373. The molecule has 0 amide bonds. The van der Waals surface area contributed by atoms with E-state index in [9.17, 15) is 4.79 Å². The molecule has 0 fully saturated rings. The van der Waals surface area contributed by atoms with E-state index < -0.39 is 5.54 Å². The van der Waals surface area contributed by atoms with Crippen LogP contribution in [0.2, 0.25) is 5.02 Å². The number of nitrogens with two attached hydrogens (primary N) is 1. The minimum atomic E-state index is -0.915. The lowest BCUT2D eigenvalue weighted by atomic mass is 9.96. The molecule has 0 aliphatic rings. The van der Waals surface area contributed by atoms with Crippen LogP contribution in [-0.2, 0) is 16.1 Å². The predicted octanol–water partition coefficient (Wildman–Crippen LogP) is 2.21. The monoisotopic (exact) mass is 287 g/mol. The Morgan fingerprint density at radius 2 is 2.11 bits per heavy atom. The van der Waals surface area contributed by atoms with Gasteiger partial charge in [0.05, 0.1) is 23.5 Å². The summed E-state index contributed by atoms with van der Waals surface area (Å²) in [6, 6.07) is 0. The molecule has 0 aliphatic carbocycles. The number of esters is 1. The number of rotatable bonds is 6. The third-order valence-corrected chi connectivity index (χ3v) is 3.81. The second-order valence-corrected chi connectivity index (χ2v) is 5.45. The number of hydrogen-bond donors (Lipinski definition) is 1. The number of hydrogen-bond acceptors (Lipinski definition) is 4. The van der Waals surface area contributed by atoms with Gasteiger partial charge in [-0.05, 0) is 40.0 Å². The molecule has 1 unspecified atom stereocenters. The van der Waals surface area contributed by atoms with Crippen molar-refractivity contribution in [2.75, 3.05) is 7.11 Å². The normalized spacial score (nSPS) is 14.2. The number of ether oxygens (including phenoxy) is 1. The Hall–Kier alpha value is -1.07. The number of carbonyl (C=O) groups excluding carboxylic acids is 1. The van der Waals surface area contributed by atoms with Crippen molar-refractivity contribution < 1.29 is 9.53 Å². The summed E-state index contributed by atoms with van der Waals surface area (Å²) in [7, 11) is 1.35. The van der Waals surface area contributed by atoms with Crippen LogP contribution in [0.15, 0.2) is 0 Å². The maximum absolute atomic E-state index is 11.4. The second kappa shape index (κ2) is 6.39. The molecule has 0 saturated carbocycles. The lowest BCUT2D eigenvalue weighted by molar-refractivity contribution is -0.146. The molecule has 5 nitrogen and oxygen atoms in total. The third-order valence-electron chi connectivity index (χ3n) is 3.26. The molecule has 2 N–H and O–H groups in total. The largest absolute Gasteiger partial charge is 0.468 e. The van der Waals surface area contributed by atoms with Crippen molar-refractivity contribution in [1.29, 1.82) is 0 Å². The lowest BCUT2D eigenvalue weighted by Gasteiger charge is -2.21. The molecule has 1 rings (SSSR count). The molecule has 0 radical (unpaired) electrons. The molecule has 0 spiro atoms. The molecule has 0 aromatic carbocycles. The highest BCUT2D eigenvalue weighted by molar-refractivity contribution is 6.31. The molecule has 108 valence electrons. The summed E-state index contributed by atoms with van der Waals surface area (Å²) in [5, 5.41) is 5.08. The summed E-state index contributed by atoms with van der Waals surface area (Å²) in [4.78, 5) is 11.4. The number of unbranched alkanes of at least 4 members (excludes halogenated alkanes) is 1.